The van der Waals surface area contributed by atoms with Gasteiger partial charge >= 0.3 is 0 Å². The zero-order valence-electron chi connectivity index (χ0n) is 12.8. The normalized spacial score (nSPS) is 19.5. The van der Waals surface area contributed by atoms with Crippen LogP contribution in [0.5, 0.6) is 0 Å². The Morgan fingerprint density at radius 2 is 2.24 bits per heavy atom. The van der Waals surface area contributed by atoms with Gasteiger partial charge in [0.1, 0.15) is 12.4 Å². The van der Waals surface area contributed by atoms with Crippen LogP contribution >= 0.6 is 11.8 Å². The summed E-state index contributed by atoms with van der Waals surface area (Å²) in [6.45, 7) is 2.31. The molecule has 21 heavy (non-hydrogen) atoms. The highest BCUT2D eigenvalue weighted by Crippen LogP contribution is 2.37. The maximum atomic E-state index is 9.94. The second-order valence-electron chi connectivity index (χ2n) is 5.83. The highest BCUT2D eigenvalue weighted by molar-refractivity contribution is 8.00. The monoisotopic (exact) mass is 313 g/mol. The van der Waals surface area contributed by atoms with Crippen LogP contribution in [0, 0.1) is 0 Å². The molecule has 120 valence electrons. The van der Waals surface area contributed by atoms with Crippen molar-refractivity contribution in [2.24, 2.45) is 0 Å². The first-order valence-corrected chi connectivity index (χ1v) is 9.01. The number of aliphatic hydroxyl groups excluding tert-OH is 1. The Balaban J connectivity index is 1.58. The van der Waals surface area contributed by atoms with E-state index in [-0.39, 0.29) is 0 Å². The molecule has 1 atom stereocenters. The molecule has 1 aliphatic carbocycles. The molecule has 1 aromatic heterocycles. The van der Waals surface area contributed by atoms with Gasteiger partial charge in [0, 0.05) is 17.8 Å². The fourth-order valence-electron chi connectivity index (χ4n) is 2.86. The molecule has 0 saturated heterocycles. The highest BCUT2D eigenvalue weighted by atomic mass is 32.2. The zero-order chi connectivity index (χ0) is 15.0. The van der Waals surface area contributed by atoms with Crippen molar-refractivity contribution in [2.75, 3.05) is 26.0 Å². The van der Waals surface area contributed by atoms with Gasteiger partial charge in [0.25, 0.3) is 0 Å². The lowest BCUT2D eigenvalue weighted by Gasteiger charge is -2.36. The molecular weight excluding hydrogens is 286 g/mol. The minimum Gasteiger partial charge on any atom is -0.467 e. The van der Waals surface area contributed by atoms with E-state index in [1.54, 1.807) is 6.26 Å². The van der Waals surface area contributed by atoms with Crippen LogP contribution in [-0.4, -0.2) is 41.9 Å². The topological polar surface area (TPSA) is 54.6 Å². The van der Waals surface area contributed by atoms with Crippen molar-refractivity contribution < 1.29 is 14.3 Å². The summed E-state index contributed by atoms with van der Waals surface area (Å²) in [5, 5.41) is 13.4. The Labute approximate surface area is 131 Å². The van der Waals surface area contributed by atoms with Gasteiger partial charge in [-0.25, -0.2) is 0 Å². The van der Waals surface area contributed by atoms with Gasteiger partial charge < -0.3 is 19.6 Å². The number of aliphatic hydroxyl groups is 1. The Morgan fingerprint density at radius 1 is 1.43 bits per heavy atom. The molecule has 1 fully saturated rings. The lowest BCUT2D eigenvalue weighted by atomic mass is 9.88. The van der Waals surface area contributed by atoms with E-state index in [4.69, 9.17) is 9.15 Å². The summed E-state index contributed by atoms with van der Waals surface area (Å²) in [6.07, 6.45) is 9.96. The third-order valence-electron chi connectivity index (χ3n) is 4.16. The first-order valence-electron chi connectivity index (χ1n) is 7.78. The van der Waals surface area contributed by atoms with E-state index >= 15 is 0 Å². The predicted molar refractivity (Wildman–Crippen MR) is 86.6 cm³/mol. The second-order valence-corrected chi connectivity index (χ2v) is 7.10. The molecule has 1 unspecified atom stereocenters. The third-order valence-corrected chi connectivity index (χ3v) is 5.58. The van der Waals surface area contributed by atoms with Crippen molar-refractivity contribution in [3.8, 4) is 0 Å². The van der Waals surface area contributed by atoms with Gasteiger partial charge in [-0.2, -0.15) is 11.8 Å². The number of furan rings is 1. The summed E-state index contributed by atoms with van der Waals surface area (Å²) in [4.78, 5) is 0. The van der Waals surface area contributed by atoms with Crippen molar-refractivity contribution in [2.45, 2.75) is 49.6 Å². The summed E-state index contributed by atoms with van der Waals surface area (Å²) in [7, 11) is 0. The Morgan fingerprint density at radius 3 is 2.90 bits per heavy atom. The molecule has 1 saturated carbocycles. The Kier molecular flexibility index (Phi) is 7.10. The molecule has 5 heteroatoms. The molecule has 0 aromatic carbocycles. The van der Waals surface area contributed by atoms with Crippen LogP contribution in [0.3, 0.4) is 0 Å². The van der Waals surface area contributed by atoms with Gasteiger partial charge in [-0.1, -0.05) is 19.3 Å². The lowest BCUT2D eigenvalue weighted by molar-refractivity contribution is 0.0224. The summed E-state index contributed by atoms with van der Waals surface area (Å²) in [5.74, 6) is 0.790. The van der Waals surface area contributed by atoms with Crippen molar-refractivity contribution in [3.05, 3.63) is 24.2 Å². The second kappa shape index (κ2) is 8.83. The standard InChI is InChI=1S/C16H27NO3S/c1-21-16(7-3-2-4-8-16)13-17-10-14(18)11-19-12-15-6-5-9-20-15/h5-6,9,14,17-18H,2-4,7-8,10-13H2,1H3. The largest absolute Gasteiger partial charge is 0.467 e. The SMILES string of the molecule is CSC1(CNCC(O)COCc2ccco2)CCCCC1. The average molecular weight is 313 g/mol. The van der Waals surface area contributed by atoms with Crippen LogP contribution < -0.4 is 5.32 Å². The van der Waals surface area contributed by atoms with Crippen molar-refractivity contribution in [1.82, 2.24) is 5.32 Å². The molecule has 1 aromatic rings. The minimum absolute atomic E-state index is 0.333. The molecule has 0 spiro atoms. The molecular formula is C16H27NO3S. The number of rotatable bonds is 9. The third kappa shape index (κ3) is 5.66. The Hall–Kier alpha value is -0.490. The predicted octanol–water partition coefficient (Wildman–Crippen LogP) is 2.81. The van der Waals surface area contributed by atoms with Gasteiger partial charge in [-0.3, -0.25) is 0 Å². The van der Waals surface area contributed by atoms with Crippen LogP contribution in [0.4, 0.5) is 0 Å². The van der Waals surface area contributed by atoms with Gasteiger partial charge in [-0.05, 0) is 31.2 Å². The molecule has 1 aliphatic rings. The summed E-state index contributed by atoms with van der Waals surface area (Å²) in [6, 6.07) is 3.71. The molecule has 2 rings (SSSR count). The average Bonchev–Trinajstić information content (AvgIpc) is 3.01. The van der Waals surface area contributed by atoms with Crippen LogP contribution in [0.15, 0.2) is 22.8 Å². The molecule has 0 aliphatic heterocycles. The molecule has 4 nitrogen and oxygen atoms in total. The van der Waals surface area contributed by atoms with Gasteiger partial charge in [0.05, 0.1) is 19.0 Å². The van der Waals surface area contributed by atoms with E-state index in [1.165, 1.54) is 32.1 Å². The first kappa shape index (κ1) is 16.9. The maximum Gasteiger partial charge on any atom is 0.129 e. The maximum absolute atomic E-state index is 9.94. The molecule has 0 amide bonds. The van der Waals surface area contributed by atoms with E-state index in [2.05, 4.69) is 11.6 Å². The summed E-state index contributed by atoms with van der Waals surface area (Å²) >= 11 is 1.97. The number of thioether (sulfide) groups is 1. The number of hydrogen-bond donors (Lipinski definition) is 2. The van der Waals surface area contributed by atoms with Crippen LogP contribution in [0.25, 0.3) is 0 Å². The smallest absolute Gasteiger partial charge is 0.129 e. The van der Waals surface area contributed by atoms with E-state index in [0.29, 0.717) is 24.5 Å². The van der Waals surface area contributed by atoms with Gasteiger partial charge in [0.15, 0.2) is 0 Å². The summed E-state index contributed by atoms with van der Waals surface area (Å²) in [5.41, 5.74) is 0. The zero-order valence-corrected chi connectivity index (χ0v) is 13.7. The molecule has 1 heterocycles. The van der Waals surface area contributed by atoms with Crippen LogP contribution in [0.2, 0.25) is 0 Å². The quantitative estimate of drug-likeness (QED) is 0.734. The lowest BCUT2D eigenvalue weighted by Crippen LogP contribution is -2.42. The van der Waals surface area contributed by atoms with E-state index in [9.17, 15) is 5.11 Å². The minimum atomic E-state index is -0.470. The van der Waals surface area contributed by atoms with E-state index < -0.39 is 6.10 Å². The number of ether oxygens (including phenoxy) is 1. The van der Waals surface area contributed by atoms with Crippen molar-refractivity contribution in [1.29, 1.82) is 0 Å². The van der Waals surface area contributed by atoms with Crippen molar-refractivity contribution >= 4 is 11.8 Å². The highest BCUT2D eigenvalue weighted by Gasteiger charge is 2.30. The molecule has 2 N–H and O–H groups in total. The molecule has 0 bridgehead atoms. The van der Waals surface area contributed by atoms with Gasteiger partial charge in [0.2, 0.25) is 0 Å². The fourth-order valence-corrected chi connectivity index (χ4v) is 3.81. The fraction of sp³-hybridized carbons (Fsp3) is 0.750. The van der Waals surface area contributed by atoms with Crippen molar-refractivity contribution in [3.63, 3.8) is 0 Å². The van der Waals surface area contributed by atoms with Crippen LogP contribution in [0.1, 0.15) is 37.9 Å². The number of nitrogens with one attached hydrogen (secondary N) is 1. The van der Waals surface area contributed by atoms with Gasteiger partial charge in [-0.15, -0.1) is 0 Å². The summed E-state index contributed by atoms with van der Waals surface area (Å²) < 4.78 is 11.0. The first-order chi connectivity index (χ1) is 10.2. The molecule has 0 radical (unpaired) electrons. The number of hydrogen-bond acceptors (Lipinski definition) is 5. The van der Waals surface area contributed by atoms with Crippen LogP contribution in [-0.2, 0) is 11.3 Å². The Bertz CT molecular complexity index is 377. The van der Waals surface area contributed by atoms with E-state index in [0.717, 1.165) is 12.3 Å². The van der Waals surface area contributed by atoms with E-state index in [1.807, 2.05) is 23.9 Å².